The molecule has 0 atom stereocenters. The Morgan fingerprint density at radius 1 is 1.70 bits per heavy atom. The monoisotopic (exact) mass is 142 g/mol. The van der Waals surface area contributed by atoms with E-state index in [0.717, 1.165) is 12.8 Å². The van der Waals surface area contributed by atoms with Gasteiger partial charge in [0.15, 0.2) is 0 Å². The lowest BCUT2D eigenvalue weighted by atomic mass is 9.62. The number of carbonyl (C=O) groups excluding carboxylic acids is 1. The van der Waals surface area contributed by atoms with E-state index < -0.39 is 0 Å². The van der Waals surface area contributed by atoms with Gasteiger partial charge in [-0.3, -0.25) is 4.79 Å². The van der Waals surface area contributed by atoms with Gasteiger partial charge < -0.3 is 11.5 Å². The molecule has 3 nitrogen and oxygen atoms in total. The summed E-state index contributed by atoms with van der Waals surface area (Å²) in [5, 5.41) is 0. The van der Waals surface area contributed by atoms with Crippen LogP contribution in [0.3, 0.4) is 0 Å². The Bertz CT molecular complexity index is 150. The minimum absolute atomic E-state index is 0.229. The van der Waals surface area contributed by atoms with Gasteiger partial charge in [-0.2, -0.15) is 0 Å². The molecule has 1 aliphatic rings. The Morgan fingerprint density at radius 3 is 2.30 bits per heavy atom. The van der Waals surface area contributed by atoms with Crippen molar-refractivity contribution in [2.45, 2.75) is 19.8 Å². The number of nitrogens with two attached hydrogens (primary N) is 2. The van der Waals surface area contributed by atoms with E-state index in [1.807, 2.05) is 0 Å². The predicted molar refractivity (Wildman–Crippen MR) is 39.1 cm³/mol. The molecule has 0 aliphatic heterocycles. The molecule has 0 aromatic heterocycles. The van der Waals surface area contributed by atoms with Crippen LogP contribution in [-0.2, 0) is 4.79 Å². The second kappa shape index (κ2) is 2.23. The average Bonchev–Trinajstić information content (AvgIpc) is 1.79. The van der Waals surface area contributed by atoms with Crippen molar-refractivity contribution in [3.63, 3.8) is 0 Å². The zero-order chi connectivity index (χ0) is 7.78. The summed E-state index contributed by atoms with van der Waals surface area (Å²) in [6.45, 7) is 2.52. The van der Waals surface area contributed by atoms with Gasteiger partial charge in [-0.25, -0.2) is 0 Å². The molecular weight excluding hydrogens is 128 g/mol. The van der Waals surface area contributed by atoms with E-state index in [1.165, 1.54) is 0 Å². The average molecular weight is 142 g/mol. The lowest BCUT2D eigenvalue weighted by Gasteiger charge is -2.42. The maximum Gasteiger partial charge on any atom is 0.224 e. The predicted octanol–water partition coefficient (Wildman–Crippen LogP) is -0.153. The first-order chi connectivity index (χ1) is 4.60. The first-order valence-electron chi connectivity index (χ1n) is 3.61. The molecule has 4 N–H and O–H groups in total. The van der Waals surface area contributed by atoms with Crippen molar-refractivity contribution < 1.29 is 4.79 Å². The largest absolute Gasteiger partial charge is 0.369 e. The highest BCUT2D eigenvalue weighted by molar-refractivity contribution is 5.82. The van der Waals surface area contributed by atoms with Gasteiger partial charge in [-0.05, 0) is 18.8 Å². The van der Waals surface area contributed by atoms with Crippen LogP contribution in [0.15, 0.2) is 0 Å². The molecule has 0 aromatic rings. The van der Waals surface area contributed by atoms with Gasteiger partial charge in [0.05, 0.1) is 5.41 Å². The van der Waals surface area contributed by atoms with Gasteiger partial charge in [-0.1, -0.05) is 6.92 Å². The molecular formula is C7H14N2O. The van der Waals surface area contributed by atoms with Crippen LogP contribution in [0.2, 0.25) is 0 Å². The van der Waals surface area contributed by atoms with Crippen molar-refractivity contribution >= 4 is 5.91 Å². The lowest BCUT2D eigenvalue weighted by Crippen LogP contribution is -2.51. The summed E-state index contributed by atoms with van der Waals surface area (Å²) in [4.78, 5) is 10.8. The molecule has 3 heteroatoms. The molecule has 0 bridgehead atoms. The van der Waals surface area contributed by atoms with Crippen LogP contribution in [0.5, 0.6) is 0 Å². The minimum Gasteiger partial charge on any atom is -0.369 e. The van der Waals surface area contributed by atoms with Crippen LogP contribution >= 0.6 is 0 Å². The number of hydrogen-bond acceptors (Lipinski definition) is 2. The van der Waals surface area contributed by atoms with Crippen LogP contribution in [-0.4, -0.2) is 12.5 Å². The Hall–Kier alpha value is -0.570. The van der Waals surface area contributed by atoms with Crippen molar-refractivity contribution in [3.05, 3.63) is 0 Å². The number of rotatable bonds is 2. The fraction of sp³-hybridized carbons (Fsp3) is 0.857. The zero-order valence-electron chi connectivity index (χ0n) is 6.26. The maximum absolute atomic E-state index is 10.8. The second-order valence-corrected chi connectivity index (χ2v) is 3.36. The Balaban J connectivity index is 2.56. The lowest BCUT2D eigenvalue weighted by molar-refractivity contribution is -0.134. The minimum atomic E-state index is -0.348. The highest BCUT2D eigenvalue weighted by Crippen LogP contribution is 2.44. The van der Waals surface area contributed by atoms with Crippen molar-refractivity contribution in [1.29, 1.82) is 0 Å². The molecule has 10 heavy (non-hydrogen) atoms. The molecule has 0 heterocycles. The van der Waals surface area contributed by atoms with Crippen molar-refractivity contribution in [3.8, 4) is 0 Å². The zero-order valence-corrected chi connectivity index (χ0v) is 6.26. The molecule has 1 saturated carbocycles. The molecule has 0 spiro atoms. The topological polar surface area (TPSA) is 69.1 Å². The van der Waals surface area contributed by atoms with Crippen LogP contribution in [0.4, 0.5) is 0 Å². The van der Waals surface area contributed by atoms with E-state index in [2.05, 4.69) is 6.92 Å². The van der Waals surface area contributed by atoms with Crippen LogP contribution in [0.25, 0.3) is 0 Å². The van der Waals surface area contributed by atoms with Gasteiger partial charge in [-0.15, -0.1) is 0 Å². The van der Waals surface area contributed by atoms with E-state index in [9.17, 15) is 4.79 Å². The number of hydrogen-bond donors (Lipinski definition) is 2. The maximum atomic E-state index is 10.8. The van der Waals surface area contributed by atoms with Crippen LogP contribution in [0, 0.1) is 11.3 Å². The van der Waals surface area contributed by atoms with Crippen molar-refractivity contribution in [2.24, 2.45) is 22.8 Å². The molecule has 1 amide bonds. The van der Waals surface area contributed by atoms with Crippen molar-refractivity contribution in [1.82, 2.24) is 0 Å². The summed E-state index contributed by atoms with van der Waals surface area (Å²) >= 11 is 0. The standard InChI is InChI=1S/C7H14N2O/c1-5-2-7(3-5,4-8)6(9)10/h5H,2-4,8H2,1H3,(H2,9,10). The van der Waals surface area contributed by atoms with E-state index in [1.54, 1.807) is 0 Å². The molecule has 0 saturated heterocycles. The molecule has 58 valence electrons. The second-order valence-electron chi connectivity index (χ2n) is 3.36. The van der Waals surface area contributed by atoms with Gasteiger partial charge >= 0.3 is 0 Å². The highest BCUT2D eigenvalue weighted by atomic mass is 16.1. The van der Waals surface area contributed by atoms with E-state index in [4.69, 9.17) is 11.5 Å². The molecule has 0 radical (unpaired) electrons. The third-order valence-corrected chi connectivity index (χ3v) is 2.39. The summed E-state index contributed by atoms with van der Waals surface area (Å²) in [6, 6.07) is 0. The molecule has 1 rings (SSSR count). The third kappa shape index (κ3) is 0.904. The Kier molecular flexibility index (Phi) is 1.68. The number of amides is 1. The first kappa shape index (κ1) is 7.54. The summed E-state index contributed by atoms with van der Waals surface area (Å²) in [5.41, 5.74) is 10.3. The SMILES string of the molecule is CC1CC(CN)(C(N)=O)C1. The summed E-state index contributed by atoms with van der Waals surface area (Å²) < 4.78 is 0. The molecule has 1 fully saturated rings. The molecule has 0 aromatic carbocycles. The molecule has 0 unspecified atom stereocenters. The Morgan fingerprint density at radius 2 is 2.20 bits per heavy atom. The summed E-state index contributed by atoms with van der Waals surface area (Å²) in [5.74, 6) is 0.393. The van der Waals surface area contributed by atoms with Gasteiger partial charge in [0, 0.05) is 6.54 Å². The Labute approximate surface area is 60.8 Å². The van der Waals surface area contributed by atoms with E-state index >= 15 is 0 Å². The fourth-order valence-electron chi connectivity index (χ4n) is 1.74. The van der Waals surface area contributed by atoms with Gasteiger partial charge in [0.25, 0.3) is 0 Å². The highest BCUT2D eigenvalue weighted by Gasteiger charge is 2.45. The third-order valence-electron chi connectivity index (χ3n) is 2.39. The first-order valence-corrected chi connectivity index (χ1v) is 3.61. The summed E-state index contributed by atoms with van der Waals surface area (Å²) in [6.07, 6.45) is 1.75. The van der Waals surface area contributed by atoms with Crippen LogP contribution < -0.4 is 11.5 Å². The fourth-order valence-corrected chi connectivity index (χ4v) is 1.74. The van der Waals surface area contributed by atoms with E-state index in [0.29, 0.717) is 12.5 Å². The van der Waals surface area contributed by atoms with Gasteiger partial charge in [0.2, 0.25) is 5.91 Å². The van der Waals surface area contributed by atoms with Crippen LogP contribution in [0.1, 0.15) is 19.8 Å². The van der Waals surface area contributed by atoms with E-state index in [-0.39, 0.29) is 11.3 Å². The summed E-state index contributed by atoms with van der Waals surface area (Å²) in [7, 11) is 0. The normalized spacial score (nSPS) is 38.8. The number of carbonyl (C=O) groups is 1. The number of primary amides is 1. The van der Waals surface area contributed by atoms with Crippen molar-refractivity contribution in [2.75, 3.05) is 6.54 Å². The van der Waals surface area contributed by atoms with Gasteiger partial charge in [0.1, 0.15) is 0 Å². The molecule has 1 aliphatic carbocycles. The smallest absolute Gasteiger partial charge is 0.224 e. The quantitative estimate of drug-likeness (QED) is 0.562.